The largest absolute Gasteiger partial charge is 0.497 e. The lowest BCUT2D eigenvalue weighted by Gasteiger charge is -2.26. The van der Waals surface area contributed by atoms with Crippen molar-refractivity contribution in [3.8, 4) is 11.5 Å². The highest BCUT2D eigenvalue weighted by Crippen LogP contribution is 2.38. The summed E-state index contributed by atoms with van der Waals surface area (Å²) in [5.41, 5.74) is 4.82. The average molecular weight is 380 g/mol. The van der Waals surface area contributed by atoms with Crippen molar-refractivity contribution in [1.82, 2.24) is 4.90 Å². The van der Waals surface area contributed by atoms with Gasteiger partial charge in [0.1, 0.15) is 11.5 Å². The van der Waals surface area contributed by atoms with Crippen molar-refractivity contribution >= 4 is 11.6 Å². The van der Waals surface area contributed by atoms with Gasteiger partial charge >= 0.3 is 0 Å². The lowest BCUT2D eigenvalue weighted by atomic mass is 10.0. The number of rotatable bonds is 6. The first kappa shape index (κ1) is 18.8. The van der Waals surface area contributed by atoms with Gasteiger partial charge in [-0.05, 0) is 68.0 Å². The van der Waals surface area contributed by atoms with Gasteiger partial charge < -0.3 is 14.8 Å². The van der Waals surface area contributed by atoms with E-state index in [4.69, 9.17) is 9.47 Å². The van der Waals surface area contributed by atoms with Crippen molar-refractivity contribution in [2.45, 2.75) is 38.1 Å². The van der Waals surface area contributed by atoms with E-state index >= 15 is 0 Å². The van der Waals surface area contributed by atoms with Gasteiger partial charge in [0.05, 0.1) is 20.8 Å². The molecule has 0 bridgehead atoms. The molecule has 1 N–H and O–H groups in total. The monoisotopic (exact) mass is 380 g/mol. The molecule has 1 atom stereocenters. The fourth-order valence-electron chi connectivity index (χ4n) is 4.50. The molecule has 0 saturated carbocycles. The molecule has 4 rings (SSSR count). The van der Waals surface area contributed by atoms with Crippen LogP contribution in [0.25, 0.3) is 0 Å². The molecule has 0 spiro atoms. The Balaban J connectivity index is 1.44. The first-order valence-corrected chi connectivity index (χ1v) is 10.1. The molecule has 2 aromatic carbocycles. The second-order valence-corrected chi connectivity index (χ2v) is 7.62. The maximum absolute atomic E-state index is 12.7. The summed E-state index contributed by atoms with van der Waals surface area (Å²) in [5, 5.41) is 3.09. The molecule has 0 unspecified atom stereocenters. The fourth-order valence-corrected chi connectivity index (χ4v) is 4.50. The second-order valence-electron chi connectivity index (χ2n) is 7.62. The van der Waals surface area contributed by atoms with Gasteiger partial charge in [0.15, 0.2) is 0 Å². The van der Waals surface area contributed by atoms with Gasteiger partial charge in [-0.1, -0.05) is 12.1 Å². The Hall–Kier alpha value is -2.53. The van der Waals surface area contributed by atoms with Gasteiger partial charge in [-0.2, -0.15) is 0 Å². The minimum absolute atomic E-state index is 0.0392. The van der Waals surface area contributed by atoms with Gasteiger partial charge in [0, 0.05) is 23.4 Å². The van der Waals surface area contributed by atoms with Crippen LogP contribution in [-0.2, 0) is 17.6 Å². The van der Waals surface area contributed by atoms with Crippen LogP contribution < -0.4 is 14.8 Å². The molecule has 1 aliphatic heterocycles. The van der Waals surface area contributed by atoms with Crippen LogP contribution in [0.4, 0.5) is 5.69 Å². The minimum atomic E-state index is 0.0392. The minimum Gasteiger partial charge on any atom is -0.497 e. The van der Waals surface area contributed by atoms with E-state index in [0.717, 1.165) is 55.0 Å². The third-order valence-electron chi connectivity index (χ3n) is 5.89. The van der Waals surface area contributed by atoms with E-state index in [1.54, 1.807) is 14.2 Å². The molecule has 5 heteroatoms. The summed E-state index contributed by atoms with van der Waals surface area (Å²) < 4.78 is 10.9. The fraction of sp³-hybridized carbons (Fsp3) is 0.435. The Morgan fingerprint density at radius 1 is 1.07 bits per heavy atom. The van der Waals surface area contributed by atoms with Gasteiger partial charge in [0.25, 0.3) is 0 Å². The number of carbonyl (C=O) groups is 1. The standard InChI is InChI=1S/C23H28N2O3/c1-27-19-10-11-20(22(14-19)28-2)21-7-4-12-25(21)15-23(26)24-18-9-8-16-5-3-6-17(16)13-18/h8-11,13-14,21H,3-7,12,15H2,1-2H3,(H,24,26)/t21-/m0/s1. The summed E-state index contributed by atoms with van der Waals surface area (Å²) in [4.78, 5) is 14.9. The summed E-state index contributed by atoms with van der Waals surface area (Å²) in [6.07, 6.45) is 5.58. The molecule has 28 heavy (non-hydrogen) atoms. The predicted molar refractivity (Wildman–Crippen MR) is 110 cm³/mol. The number of hydrogen-bond donors (Lipinski definition) is 1. The molecule has 148 valence electrons. The molecule has 1 saturated heterocycles. The molecule has 5 nitrogen and oxygen atoms in total. The van der Waals surface area contributed by atoms with Crippen molar-refractivity contribution in [2.24, 2.45) is 0 Å². The SMILES string of the molecule is COc1ccc([C@@H]2CCCN2CC(=O)Nc2ccc3c(c2)CCC3)c(OC)c1. The van der Waals surface area contributed by atoms with Crippen LogP contribution in [0.1, 0.15) is 42.0 Å². The molecule has 0 aromatic heterocycles. The second kappa shape index (κ2) is 8.23. The molecular weight excluding hydrogens is 352 g/mol. The van der Waals surface area contributed by atoms with Crippen LogP contribution in [0, 0.1) is 0 Å². The highest BCUT2D eigenvalue weighted by molar-refractivity contribution is 5.92. The number of benzene rings is 2. The smallest absolute Gasteiger partial charge is 0.238 e. The number of hydrogen-bond acceptors (Lipinski definition) is 4. The molecule has 2 aliphatic rings. The summed E-state index contributed by atoms with van der Waals surface area (Å²) in [6.45, 7) is 1.30. The van der Waals surface area contributed by atoms with E-state index < -0.39 is 0 Å². The Labute approximate surface area is 166 Å². The molecule has 1 fully saturated rings. The Morgan fingerprint density at radius 3 is 2.75 bits per heavy atom. The molecule has 1 aliphatic carbocycles. The van der Waals surface area contributed by atoms with Crippen molar-refractivity contribution in [1.29, 1.82) is 0 Å². The third-order valence-corrected chi connectivity index (χ3v) is 5.89. The van der Waals surface area contributed by atoms with E-state index in [9.17, 15) is 4.79 Å². The lowest BCUT2D eigenvalue weighted by Crippen LogP contribution is -2.33. The number of fused-ring (bicyclic) bond motifs is 1. The molecular formula is C23H28N2O3. The van der Waals surface area contributed by atoms with Crippen LogP contribution >= 0.6 is 0 Å². The number of methoxy groups -OCH3 is 2. The maximum atomic E-state index is 12.7. The van der Waals surface area contributed by atoms with Crippen molar-refractivity contribution < 1.29 is 14.3 Å². The van der Waals surface area contributed by atoms with Gasteiger partial charge in [-0.3, -0.25) is 9.69 Å². The van der Waals surface area contributed by atoms with Crippen LogP contribution in [0.5, 0.6) is 11.5 Å². The highest BCUT2D eigenvalue weighted by Gasteiger charge is 2.30. The van der Waals surface area contributed by atoms with Crippen LogP contribution in [0.2, 0.25) is 0 Å². The van der Waals surface area contributed by atoms with E-state index in [2.05, 4.69) is 28.4 Å². The predicted octanol–water partition coefficient (Wildman–Crippen LogP) is 3.97. The van der Waals surface area contributed by atoms with E-state index in [1.165, 1.54) is 17.5 Å². The summed E-state index contributed by atoms with van der Waals surface area (Å²) >= 11 is 0. The van der Waals surface area contributed by atoms with Crippen molar-refractivity contribution in [3.05, 3.63) is 53.1 Å². The Bertz CT molecular complexity index is 865. The highest BCUT2D eigenvalue weighted by atomic mass is 16.5. The third kappa shape index (κ3) is 3.85. The molecule has 2 aromatic rings. The number of nitrogens with one attached hydrogen (secondary N) is 1. The number of carbonyl (C=O) groups excluding carboxylic acids is 1. The number of aryl methyl sites for hydroxylation is 2. The zero-order chi connectivity index (χ0) is 19.5. The Morgan fingerprint density at radius 2 is 1.93 bits per heavy atom. The van der Waals surface area contributed by atoms with Gasteiger partial charge in [-0.15, -0.1) is 0 Å². The first-order valence-electron chi connectivity index (χ1n) is 10.1. The van der Waals surface area contributed by atoms with Crippen LogP contribution in [-0.4, -0.2) is 38.1 Å². The average Bonchev–Trinajstić information content (AvgIpc) is 3.36. The number of anilines is 1. The number of amides is 1. The zero-order valence-corrected chi connectivity index (χ0v) is 16.7. The number of likely N-dealkylation sites (tertiary alicyclic amines) is 1. The van der Waals surface area contributed by atoms with Gasteiger partial charge in [0.2, 0.25) is 5.91 Å². The summed E-state index contributed by atoms with van der Waals surface area (Å²) in [7, 11) is 3.33. The molecule has 1 amide bonds. The summed E-state index contributed by atoms with van der Waals surface area (Å²) in [6, 6.07) is 12.4. The topological polar surface area (TPSA) is 50.8 Å². The van der Waals surface area contributed by atoms with Crippen LogP contribution in [0.15, 0.2) is 36.4 Å². The summed E-state index contributed by atoms with van der Waals surface area (Å²) in [5.74, 6) is 1.63. The van der Waals surface area contributed by atoms with Crippen molar-refractivity contribution in [2.75, 3.05) is 32.6 Å². The number of ether oxygens (including phenoxy) is 2. The molecule has 0 radical (unpaired) electrons. The van der Waals surface area contributed by atoms with E-state index in [-0.39, 0.29) is 11.9 Å². The normalized spacial score (nSPS) is 18.7. The Kier molecular flexibility index (Phi) is 5.53. The maximum Gasteiger partial charge on any atom is 0.238 e. The van der Waals surface area contributed by atoms with Crippen LogP contribution in [0.3, 0.4) is 0 Å². The van der Waals surface area contributed by atoms with Crippen molar-refractivity contribution in [3.63, 3.8) is 0 Å². The molecule has 1 heterocycles. The van der Waals surface area contributed by atoms with E-state index in [1.807, 2.05) is 18.2 Å². The number of nitrogens with zero attached hydrogens (tertiary/aromatic N) is 1. The van der Waals surface area contributed by atoms with E-state index in [0.29, 0.717) is 6.54 Å². The first-order chi connectivity index (χ1) is 13.7. The lowest BCUT2D eigenvalue weighted by molar-refractivity contribution is -0.117. The quantitative estimate of drug-likeness (QED) is 0.824. The van der Waals surface area contributed by atoms with Gasteiger partial charge in [-0.25, -0.2) is 0 Å². The zero-order valence-electron chi connectivity index (χ0n) is 16.7.